The summed E-state index contributed by atoms with van der Waals surface area (Å²) in [6.07, 6.45) is 5.94. The molecular formula is C18H23NS. The van der Waals surface area contributed by atoms with Crippen LogP contribution in [0.4, 0.5) is 0 Å². The smallest absolute Gasteiger partial charge is 0.0185 e. The van der Waals surface area contributed by atoms with Crippen LogP contribution in [0, 0.1) is 0 Å². The summed E-state index contributed by atoms with van der Waals surface area (Å²) in [6.45, 7) is 2.22. The number of nitrogens with two attached hydrogens (primary N) is 1. The third kappa shape index (κ3) is 2.43. The Morgan fingerprint density at radius 2 is 1.80 bits per heavy atom. The van der Waals surface area contributed by atoms with Crippen LogP contribution in [0.15, 0.2) is 42.5 Å². The Labute approximate surface area is 125 Å². The molecule has 1 aromatic carbocycles. The Hall–Kier alpha value is -1.12. The summed E-state index contributed by atoms with van der Waals surface area (Å²) < 4.78 is 0. The highest BCUT2D eigenvalue weighted by Crippen LogP contribution is 2.46. The molecule has 1 saturated carbocycles. The largest absolute Gasteiger partial charge is 0.327 e. The number of benzene rings is 1. The van der Waals surface area contributed by atoms with Gasteiger partial charge in [-0.25, -0.2) is 0 Å². The molecule has 3 rings (SSSR count). The van der Waals surface area contributed by atoms with Gasteiger partial charge in [-0.1, -0.05) is 43.7 Å². The molecule has 1 aromatic heterocycles. The Balaban J connectivity index is 1.79. The summed E-state index contributed by atoms with van der Waals surface area (Å²) >= 11 is 1.93. The molecule has 1 heterocycles. The number of aryl methyl sites for hydroxylation is 1. The predicted octanol–water partition coefficient (Wildman–Crippen LogP) is 4.30. The van der Waals surface area contributed by atoms with E-state index in [-0.39, 0.29) is 11.5 Å². The van der Waals surface area contributed by atoms with Crippen molar-refractivity contribution in [2.45, 2.75) is 50.5 Å². The van der Waals surface area contributed by atoms with E-state index < -0.39 is 0 Å². The van der Waals surface area contributed by atoms with E-state index in [9.17, 15) is 0 Å². The van der Waals surface area contributed by atoms with E-state index in [1.807, 2.05) is 11.3 Å². The third-order valence-electron chi connectivity index (χ3n) is 4.79. The minimum Gasteiger partial charge on any atom is -0.327 e. The topological polar surface area (TPSA) is 26.0 Å². The van der Waals surface area contributed by atoms with Gasteiger partial charge < -0.3 is 5.73 Å². The van der Waals surface area contributed by atoms with Crippen molar-refractivity contribution in [1.29, 1.82) is 0 Å². The first-order valence-electron chi connectivity index (χ1n) is 7.63. The molecule has 1 aliphatic carbocycles. The van der Waals surface area contributed by atoms with E-state index in [0.717, 1.165) is 12.8 Å². The normalized spacial score (nSPS) is 18.5. The van der Waals surface area contributed by atoms with Crippen LogP contribution in [0.5, 0.6) is 0 Å². The van der Waals surface area contributed by atoms with E-state index >= 15 is 0 Å². The summed E-state index contributed by atoms with van der Waals surface area (Å²) in [4.78, 5) is 2.91. The zero-order valence-electron chi connectivity index (χ0n) is 12.1. The van der Waals surface area contributed by atoms with E-state index in [2.05, 4.69) is 49.4 Å². The second-order valence-corrected chi connectivity index (χ2v) is 7.16. The van der Waals surface area contributed by atoms with E-state index in [4.69, 9.17) is 5.73 Å². The fourth-order valence-electron chi connectivity index (χ4n) is 3.34. The van der Waals surface area contributed by atoms with Crippen molar-refractivity contribution >= 4 is 11.3 Å². The van der Waals surface area contributed by atoms with Gasteiger partial charge in [0.15, 0.2) is 0 Å². The number of rotatable bonds is 5. The first kappa shape index (κ1) is 13.8. The highest BCUT2D eigenvalue weighted by molar-refractivity contribution is 7.11. The van der Waals surface area contributed by atoms with Gasteiger partial charge in [-0.15, -0.1) is 11.3 Å². The maximum absolute atomic E-state index is 6.64. The Kier molecular flexibility index (Phi) is 3.95. The molecule has 0 spiro atoms. The molecule has 0 saturated heterocycles. The van der Waals surface area contributed by atoms with Gasteiger partial charge in [0, 0.05) is 21.2 Å². The quantitative estimate of drug-likeness (QED) is 0.870. The lowest BCUT2D eigenvalue weighted by Gasteiger charge is -2.47. The van der Waals surface area contributed by atoms with Crippen molar-refractivity contribution in [3.05, 3.63) is 57.8 Å². The van der Waals surface area contributed by atoms with Crippen LogP contribution >= 0.6 is 11.3 Å². The van der Waals surface area contributed by atoms with E-state index in [1.54, 1.807) is 0 Å². The standard InChI is InChI=1S/C18H23NS/c1-2-15-9-10-16(20-15)13-17(19)18(11-6-12-18)14-7-4-3-5-8-14/h3-5,7-10,17H,2,6,11-13,19H2,1H3. The summed E-state index contributed by atoms with van der Waals surface area (Å²) in [5, 5.41) is 0. The summed E-state index contributed by atoms with van der Waals surface area (Å²) in [5.41, 5.74) is 8.29. The van der Waals surface area contributed by atoms with Gasteiger partial charge in [0.2, 0.25) is 0 Å². The zero-order valence-corrected chi connectivity index (χ0v) is 13.0. The highest BCUT2D eigenvalue weighted by atomic mass is 32.1. The van der Waals surface area contributed by atoms with Crippen molar-refractivity contribution in [1.82, 2.24) is 0 Å². The fourth-order valence-corrected chi connectivity index (χ4v) is 4.35. The van der Waals surface area contributed by atoms with Crippen molar-refractivity contribution in [3.8, 4) is 0 Å². The first-order valence-corrected chi connectivity index (χ1v) is 8.45. The molecule has 1 nitrogen and oxygen atoms in total. The summed E-state index contributed by atoms with van der Waals surface area (Å²) in [7, 11) is 0. The van der Waals surface area contributed by atoms with Crippen LogP contribution in [-0.2, 0) is 18.3 Å². The maximum atomic E-state index is 6.64. The molecule has 1 unspecified atom stereocenters. The average molecular weight is 285 g/mol. The maximum Gasteiger partial charge on any atom is 0.0185 e. The van der Waals surface area contributed by atoms with Crippen molar-refractivity contribution < 1.29 is 0 Å². The molecule has 20 heavy (non-hydrogen) atoms. The molecular weight excluding hydrogens is 262 g/mol. The third-order valence-corrected chi connectivity index (χ3v) is 6.04. The SMILES string of the molecule is CCc1ccc(CC(N)C2(c3ccccc3)CCC2)s1. The minimum absolute atomic E-state index is 0.220. The van der Waals surface area contributed by atoms with Gasteiger partial charge in [0.1, 0.15) is 0 Å². The Morgan fingerprint density at radius 1 is 1.10 bits per heavy atom. The van der Waals surface area contributed by atoms with E-state index in [0.29, 0.717) is 0 Å². The molecule has 0 aliphatic heterocycles. The summed E-state index contributed by atoms with van der Waals surface area (Å²) in [6, 6.07) is 15.6. The second kappa shape index (κ2) is 5.71. The average Bonchev–Trinajstić information content (AvgIpc) is 2.86. The zero-order chi connectivity index (χ0) is 14.0. The van der Waals surface area contributed by atoms with Crippen LogP contribution in [0.25, 0.3) is 0 Å². The highest BCUT2D eigenvalue weighted by Gasteiger charge is 2.43. The van der Waals surface area contributed by atoms with Crippen molar-refractivity contribution in [2.24, 2.45) is 5.73 Å². The van der Waals surface area contributed by atoms with Gasteiger partial charge in [0.25, 0.3) is 0 Å². The number of hydrogen-bond acceptors (Lipinski definition) is 2. The van der Waals surface area contributed by atoms with Gasteiger partial charge >= 0.3 is 0 Å². The number of hydrogen-bond donors (Lipinski definition) is 1. The summed E-state index contributed by atoms with van der Waals surface area (Å²) in [5.74, 6) is 0. The molecule has 0 bridgehead atoms. The molecule has 2 heteroatoms. The molecule has 1 aliphatic rings. The van der Waals surface area contributed by atoms with Crippen LogP contribution in [0.3, 0.4) is 0 Å². The molecule has 1 fully saturated rings. The first-order chi connectivity index (χ1) is 9.74. The van der Waals surface area contributed by atoms with Crippen LogP contribution in [0.1, 0.15) is 41.5 Å². The molecule has 0 radical (unpaired) electrons. The Bertz CT molecular complexity index is 554. The lowest BCUT2D eigenvalue weighted by atomic mass is 9.59. The van der Waals surface area contributed by atoms with Gasteiger partial charge in [-0.2, -0.15) is 0 Å². The van der Waals surface area contributed by atoms with Crippen LogP contribution < -0.4 is 5.73 Å². The lowest BCUT2D eigenvalue weighted by molar-refractivity contribution is 0.195. The predicted molar refractivity (Wildman–Crippen MR) is 87.3 cm³/mol. The van der Waals surface area contributed by atoms with E-state index in [1.165, 1.54) is 34.6 Å². The fraction of sp³-hybridized carbons (Fsp3) is 0.444. The molecule has 1 atom stereocenters. The molecule has 2 aromatic rings. The van der Waals surface area contributed by atoms with Gasteiger partial charge in [-0.05, 0) is 43.4 Å². The lowest BCUT2D eigenvalue weighted by Crippen LogP contribution is -2.51. The van der Waals surface area contributed by atoms with Crippen molar-refractivity contribution in [2.75, 3.05) is 0 Å². The molecule has 0 amide bonds. The minimum atomic E-state index is 0.220. The van der Waals surface area contributed by atoms with Gasteiger partial charge in [-0.3, -0.25) is 0 Å². The van der Waals surface area contributed by atoms with Crippen molar-refractivity contribution in [3.63, 3.8) is 0 Å². The Morgan fingerprint density at radius 3 is 2.35 bits per heavy atom. The molecule has 106 valence electrons. The van der Waals surface area contributed by atoms with Crippen LogP contribution in [0.2, 0.25) is 0 Å². The monoisotopic (exact) mass is 285 g/mol. The van der Waals surface area contributed by atoms with Crippen LogP contribution in [-0.4, -0.2) is 6.04 Å². The second-order valence-electron chi connectivity index (χ2n) is 5.91. The van der Waals surface area contributed by atoms with Gasteiger partial charge in [0.05, 0.1) is 0 Å². The molecule has 2 N–H and O–H groups in total. The number of thiophene rings is 1.